The zero-order valence-corrected chi connectivity index (χ0v) is 8.75. The third kappa shape index (κ3) is 2.85. The van der Waals surface area contributed by atoms with Crippen LogP contribution >= 0.6 is 0 Å². The minimum absolute atomic E-state index is 0.279. The van der Waals surface area contributed by atoms with Crippen LogP contribution in [0.4, 0.5) is 0 Å². The molecule has 0 amide bonds. The van der Waals surface area contributed by atoms with Crippen LogP contribution in [-0.2, 0) is 6.42 Å². The van der Waals surface area contributed by atoms with Gasteiger partial charge in [0.15, 0.2) is 0 Å². The van der Waals surface area contributed by atoms with Gasteiger partial charge in [-0.2, -0.15) is 0 Å². The minimum Gasteiger partial charge on any atom is -0.327 e. The molecule has 0 aliphatic carbocycles. The van der Waals surface area contributed by atoms with Gasteiger partial charge in [0.1, 0.15) is 0 Å². The fourth-order valence-electron chi connectivity index (χ4n) is 1.33. The van der Waals surface area contributed by atoms with E-state index in [-0.39, 0.29) is 6.04 Å². The Morgan fingerprint density at radius 3 is 2.38 bits per heavy atom. The molecule has 0 radical (unpaired) electrons. The molecule has 1 aromatic rings. The van der Waals surface area contributed by atoms with E-state index in [0.29, 0.717) is 5.92 Å². The van der Waals surface area contributed by atoms with Gasteiger partial charge in [0.05, 0.1) is 0 Å². The summed E-state index contributed by atoms with van der Waals surface area (Å²) in [6.45, 7) is 6.48. The van der Waals surface area contributed by atoms with E-state index in [1.807, 2.05) is 0 Å². The van der Waals surface area contributed by atoms with E-state index in [0.717, 1.165) is 6.42 Å². The predicted octanol–water partition coefficient (Wildman–Crippen LogP) is 2.52. The van der Waals surface area contributed by atoms with Crippen molar-refractivity contribution >= 4 is 0 Å². The van der Waals surface area contributed by atoms with Crippen LogP contribution in [0, 0.1) is 12.8 Å². The highest BCUT2D eigenvalue weighted by atomic mass is 14.6. The summed E-state index contributed by atoms with van der Waals surface area (Å²) in [6, 6.07) is 8.73. The lowest BCUT2D eigenvalue weighted by Crippen LogP contribution is -2.28. The van der Waals surface area contributed by atoms with Gasteiger partial charge in [-0.25, -0.2) is 0 Å². The van der Waals surface area contributed by atoms with Crippen molar-refractivity contribution in [3.05, 3.63) is 35.4 Å². The Hall–Kier alpha value is -0.820. The van der Waals surface area contributed by atoms with E-state index in [4.69, 9.17) is 5.73 Å². The standard InChI is InChI=1S/C12H19N/c1-9(2)12(13)8-11-7-5-4-6-10(11)3/h4-7,9,12H,8,13H2,1-3H3. The van der Waals surface area contributed by atoms with Crippen molar-refractivity contribution in [1.29, 1.82) is 0 Å². The monoisotopic (exact) mass is 177 g/mol. The molecule has 2 N–H and O–H groups in total. The van der Waals surface area contributed by atoms with E-state index < -0.39 is 0 Å². The Labute approximate surface area is 81.0 Å². The molecular formula is C12H19N. The van der Waals surface area contributed by atoms with Gasteiger partial charge in [-0.3, -0.25) is 0 Å². The molecule has 1 atom stereocenters. The fourth-order valence-corrected chi connectivity index (χ4v) is 1.33. The highest BCUT2D eigenvalue weighted by molar-refractivity contribution is 5.26. The van der Waals surface area contributed by atoms with Crippen LogP contribution < -0.4 is 5.73 Å². The number of aryl methyl sites for hydroxylation is 1. The number of rotatable bonds is 3. The molecule has 1 unspecified atom stereocenters. The molecule has 0 bridgehead atoms. The normalized spacial score (nSPS) is 13.3. The molecule has 0 aliphatic rings. The maximum absolute atomic E-state index is 6.02. The summed E-state index contributed by atoms with van der Waals surface area (Å²) >= 11 is 0. The third-order valence-electron chi connectivity index (χ3n) is 2.57. The van der Waals surface area contributed by atoms with E-state index in [9.17, 15) is 0 Å². The Kier molecular flexibility index (Phi) is 3.49. The maximum atomic E-state index is 6.02. The molecular weight excluding hydrogens is 158 g/mol. The second kappa shape index (κ2) is 4.43. The minimum atomic E-state index is 0.279. The molecule has 0 heterocycles. The molecule has 0 aliphatic heterocycles. The van der Waals surface area contributed by atoms with E-state index >= 15 is 0 Å². The summed E-state index contributed by atoms with van der Waals surface area (Å²) in [5.74, 6) is 0.555. The average Bonchev–Trinajstić information content (AvgIpc) is 2.08. The van der Waals surface area contributed by atoms with Gasteiger partial charge in [-0.05, 0) is 30.4 Å². The van der Waals surface area contributed by atoms with Crippen molar-refractivity contribution in [2.24, 2.45) is 11.7 Å². The number of benzene rings is 1. The molecule has 72 valence electrons. The molecule has 0 saturated carbocycles. The first kappa shape index (κ1) is 10.3. The summed E-state index contributed by atoms with van der Waals surface area (Å²) in [5.41, 5.74) is 8.74. The molecule has 1 rings (SSSR count). The van der Waals surface area contributed by atoms with Crippen molar-refractivity contribution in [2.75, 3.05) is 0 Å². The van der Waals surface area contributed by atoms with Crippen molar-refractivity contribution in [1.82, 2.24) is 0 Å². The molecule has 1 nitrogen and oxygen atoms in total. The summed E-state index contributed by atoms with van der Waals surface area (Å²) in [6.07, 6.45) is 0.990. The first-order valence-electron chi connectivity index (χ1n) is 4.91. The molecule has 1 heteroatoms. The van der Waals surface area contributed by atoms with E-state index in [2.05, 4.69) is 45.0 Å². The fraction of sp³-hybridized carbons (Fsp3) is 0.500. The van der Waals surface area contributed by atoms with Gasteiger partial charge in [-0.1, -0.05) is 38.1 Å². The zero-order valence-electron chi connectivity index (χ0n) is 8.75. The lowest BCUT2D eigenvalue weighted by atomic mass is 9.95. The second-order valence-corrected chi connectivity index (χ2v) is 4.04. The molecule has 0 spiro atoms. The Morgan fingerprint density at radius 1 is 1.23 bits per heavy atom. The number of hydrogen-bond donors (Lipinski definition) is 1. The lowest BCUT2D eigenvalue weighted by Gasteiger charge is -2.16. The number of nitrogens with two attached hydrogens (primary N) is 1. The van der Waals surface area contributed by atoms with Gasteiger partial charge in [0.25, 0.3) is 0 Å². The smallest absolute Gasteiger partial charge is 0.0103 e. The van der Waals surface area contributed by atoms with Crippen molar-refractivity contribution in [2.45, 2.75) is 33.2 Å². The van der Waals surface area contributed by atoms with Crippen LogP contribution in [0.1, 0.15) is 25.0 Å². The van der Waals surface area contributed by atoms with Gasteiger partial charge in [0.2, 0.25) is 0 Å². The topological polar surface area (TPSA) is 26.0 Å². The SMILES string of the molecule is Cc1ccccc1CC(N)C(C)C. The molecule has 1 aromatic carbocycles. The Balaban J connectivity index is 2.69. The van der Waals surface area contributed by atoms with Gasteiger partial charge in [0, 0.05) is 6.04 Å². The van der Waals surface area contributed by atoms with E-state index in [1.54, 1.807) is 0 Å². The Morgan fingerprint density at radius 2 is 1.85 bits per heavy atom. The second-order valence-electron chi connectivity index (χ2n) is 4.04. The Bertz CT molecular complexity index is 266. The van der Waals surface area contributed by atoms with Crippen molar-refractivity contribution < 1.29 is 0 Å². The summed E-state index contributed by atoms with van der Waals surface area (Å²) in [5, 5.41) is 0. The maximum Gasteiger partial charge on any atom is 0.0103 e. The van der Waals surface area contributed by atoms with Crippen molar-refractivity contribution in [3.8, 4) is 0 Å². The average molecular weight is 177 g/mol. The third-order valence-corrected chi connectivity index (χ3v) is 2.57. The highest BCUT2D eigenvalue weighted by Gasteiger charge is 2.09. The summed E-state index contributed by atoms with van der Waals surface area (Å²) in [7, 11) is 0. The molecule has 0 fully saturated rings. The molecule has 0 saturated heterocycles. The lowest BCUT2D eigenvalue weighted by molar-refractivity contribution is 0.490. The largest absolute Gasteiger partial charge is 0.327 e. The first-order valence-corrected chi connectivity index (χ1v) is 4.91. The first-order chi connectivity index (χ1) is 6.11. The van der Waals surface area contributed by atoms with Crippen LogP contribution in [0.3, 0.4) is 0 Å². The van der Waals surface area contributed by atoms with Gasteiger partial charge < -0.3 is 5.73 Å². The zero-order chi connectivity index (χ0) is 9.84. The quantitative estimate of drug-likeness (QED) is 0.754. The van der Waals surface area contributed by atoms with Crippen LogP contribution in [0.2, 0.25) is 0 Å². The van der Waals surface area contributed by atoms with Crippen molar-refractivity contribution in [3.63, 3.8) is 0 Å². The summed E-state index contributed by atoms with van der Waals surface area (Å²) < 4.78 is 0. The highest BCUT2D eigenvalue weighted by Crippen LogP contribution is 2.12. The predicted molar refractivity (Wildman–Crippen MR) is 57.7 cm³/mol. The number of hydrogen-bond acceptors (Lipinski definition) is 1. The van der Waals surface area contributed by atoms with Crippen LogP contribution in [-0.4, -0.2) is 6.04 Å². The summed E-state index contributed by atoms with van der Waals surface area (Å²) in [4.78, 5) is 0. The van der Waals surface area contributed by atoms with Crippen LogP contribution in [0.25, 0.3) is 0 Å². The molecule has 0 aromatic heterocycles. The van der Waals surface area contributed by atoms with Crippen LogP contribution in [0.5, 0.6) is 0 Å². The van der Waals surface area contributed by atoms with Gasteiger partial charge >= 0.3 is 0 Å². The van der Waals surface area contributed by atoms with Crippen LogP contribution in [0.15, 0.2) is 24.3 Å². The molecule has 13 heavy (non-hydrogen) atoms. The van der Waals surface area contributed by atoms with E-state index in [1.165, 1.54) is 11.1 Å². The van der Waals surface area contributed by atoms with Gasteiger partial charge in [-0.15, -0.1) is 0 Å².